The normalized spacial score (nSPS) is 13.4. The van der Waals surface area contributed by atoms with E-state index in [-0.39, 0.29) is 11.5 Å². The van der Waals surface area contributed by atoms with Crippen LogP contribution in [-0.4, -0.2) is 52.8 Å². The molecule has 0 aliphatic carbocycles. The number of methoxy groups -OCH3 is 1. The fraction of sp³-hybridized carbons (Fsp3) is 0.450. The molecule has 0 saturated heterocycles. The summed E-state index contributed by atoms with van der Waals surface area (Å²) in [5, 5.41) is 4.57. The number of carbonyl (C=O) groups excluding carboxylic acids is 1. The van der Waals surface area contributed by atoms with Gasteiger partial charge in [-0.3, -0.25) is 4.79 Å². The summed E-state index contributed by atoms with van der Waals surface area (Å²) in [6.07, 6.45) is 3.50. The lowest BCUT2D eigenvalue weighted by molar-refractivity contribution is -0.142. The van der Waals surface area contributed by atoms with E-state index in [4.69, 9.17) is 17.0 Å². The van der Waals surface area contributed by atoms with Gasteiger partial charge in [0.2, 0.25) is 0 Å². The Morgan fingerprint density at radius 1 is 1.46 bits per heavy atom. The Hall–Kier alpha value is -2.06. The Kier molecular flexibility index (Phi) is 6.61. The van der Waals surface area contributed by atoms with Crippen molar-refractivity contribution in [2.45, 2.75) is 32.0 Å². The molecule has 150 valence electrons. The number of thioether (sulfide) groups is 1. The van der Waals surface area contributed by atoms with Gasteiger partial charge < -0.3 is 19.5 Å². The molecule has 1 atom stereocenters. The fourth-order valence-electron chi connectivity index (χ4n) is 3.56. The van der Waals surface area contributed by atoms with Gasteiger partial charge in [0.05, 0.1) is 19.2 Å². The van der Waals surface area contributed by atoms with E-state index in [1.165, 1.54) is 12.7 Å². The SMILES string of the molecule is COC(=O)C(CCSC)NC(=S)N(C)Cc1cc2cccc3c2n(c1=O)CC3. The van der Waals surface area contributed by atoms with Crippen molar-refractivity contribution >= 4 is 46.0 Å². The lowest BCUT2D eigenvalue weighted by Gasteiger charge is -2.25. The summed E-state index contributed by atoms with van der Waals surface area (Å²) in [6.45, 7) is 1.09. The second-order valence-corrected chi connectivity index (χ2v) is 8.27. The number of esters is 1. The van der Waals surface area contributed by atoms with Crippen LogP contribution in [0.2, 0.25) is 0 Å². The monoisotopic (exact) mass is 419 g/mol. The predicted octanol–water partition coefficient (Wildman–Crippen LogP) is 2.16. The Balaban J connectivity index is 1.77. The van der Waals surface area contributed by atoms with Crippen LogP contribution in [0, 0.1) is 0 Å². The van der Waals surface area contributed by atoms with Crippen molar-refractivity contribution in [1.82, 2.24) is 14.8 Å². The zero-order chi connectivity index (χ0) is 20.3. The maximum atomic E-state index is 12.9. The number of nitrogens with one attached hydrogen (secondary N) is 1. The first kappa shape index (κ1) is 20.7. The molecule has 1 aliphatic heterocycles. The summed E-state index contributed by atoms with van der Waals surface area (Å²) in [5.74, 6) is 0.480. The standard InChI is InChI=1S/C20H25N3O3S2/c1-22(20(27)21-16(8-10-28-3)19(25)26-2)12-15-11-14-6-4-5-13-7-9-23(17(13)14)18(15)24/h4-6,11,16H,7-10,12H2,1-3H3,(H,21,27). The highest BCUT2D eigenvalue weighted by atomic mass is 32.2. The number of aryl methyl sites for hydroxylation is 2. The maximum Gasteiger partial charge on any atom is 0.328 e. The Bertz CT molecular complexity index is 958. The highest BCUT2D eigenvalue weighted by molar-refractivity contribution is 7.98. The number of hydrogen-bond acceptors (Lipinski definition) is 5. The van der Waals surface area contributed by atoms with Gasteiger partial charge in [-0.05, 0) is 54.1 Å². The third kappa shape index (κ3) is 4.17. The molecule has 1 aromatic heterocycles. The number of benzene rings is 1. The minimum atomic E-state index is -0.495. The summed E-state index contributed by atoms with van der Waals surface area (Å²) in [7, 11) is 3.19. The van der Waals surface area contributed by atoms with Gasteiger partial charge in [0.15, 0.2) is 5.11 Å². The molecule has 0 saturated carbocycles. The quantitative estimate of drug-likeness (QED) is 0.545. The smallest absolute Gasteiger partial charge is 0.328 e. The first-order valence-corrected chi connectivity index (χ1v) is 11.0. The molecule has 0 spiro atoms. The first-order chi connectivity index (χ1) is 13.5. The van der Waals surface area contributed by atoms with Crippen LogP contribution in [0.4, 0.5) is 0 Å². The van der Waals surface area contributed by atoms with Gasteiger partial charge in [0.1, 0.15) is 6.04 Å². The van der Waals surface area contributed by atoms with Crippen molar-refractivity contribution in [2.24, 2.45) is 0 Å². The summed E-state index contributed by atoms with van der Waals surface area (Å²) in [6, 6.07) is 7.61. The van der Waals surface area contributed by atoms with Crippen molar-refractivity contribution in [1.29, 1.82) is 0 Å². The van der Waals surface area contributed by atoms with E-state index in [1.54, 1.807) is 16.7 Å². The van der Waals surface area contributed by atoms with Gasteiger partial charge in [-0.25, -0.2) is 4.79 Å². The molecule has 2 aromatic rings. The number of hydrogen-bond donors (Lipinski definition) is 1. The van der Waals surface area contributed by atoms with Crippen LogP contribution in [0.1, 0.15) is 17.5 Å². The van der Waals surface area contributed by atoms with Gasteiger partial charge >= 0.3 is 5.97 Å². The van der Waals surface area contributed by atoms with Crippen LogP contribution < -0.4 is 10.9 Å². The number of thiocarbonyl (C=S) groups is 1. The summed E-state index contributed by atoms with van der Waals surface area (Å²) < 4.78 is 6.73. The van der Waals surface area contributed by atoms with Crippen LogP contribution >= 0.6 is 24.0 Å². The van der Waals surface area contributed by atoms with Gasteiger partial charge in [-0.1, -0.05) is 18.2 Å². The van der Waals surface area contributed by atoms with Crippen molar-refractivity contribution < 1.29 is 9.53 Å². The molecule has 28 heavy (non-hydrogen) atoms. The lowest BCUT2D eigenvalue weighted by Crippen LogP contribution is -2.47. The molecule has 1 aliphatic rings. The zero-order valence-electron chi connectivity index (χ0n) is 16.4. The van der Waals surface area contributed by atoms with E-state index in [9.17, 15) is 9.59 Å². The molecule has 3 rings (SSSR count). The maximum absolute atomic E-state index is 12.9. The Labute approximate surface area is 174 Å². The second-order valence-electron chi connectivity index (χ2n) is 6.89. The first-order valence-electron chi connectivity index (χ1n) is 9.19. The van der Waals surface area contributed by atoms with Crippen LogP contribution in [-0.2, 0) is 29.0 Å². The molecular formula is C20H25N3O3S2. The van der Waals surface area contributed by atoms with E-state index in [2.05, 4.69) is 11.4 Å². The third-order valence-electron chi connectivity index (χ3n) is 5.02. The predicted molar refractivity (Wildman–Crippen MR) is 118 cm³/mol. The second kappa shape index (κ2) is 8.96. The highest BCUT2D eigenvalue weighted by Crippen LogP contribution is 2.24. The fourth-order valence-corrected chi connectivity index (χ4v) is 4.23. The van der Waals surface area contributed by atoms with E-state index in [0.29, 0.717) is 30.2 Å². The number of aromatic nitrogens is 1. The van der Waals surface area contributed by atoms with E-state index < -0.39 is 6.04 Å². The molecule has 0 radical (unpaired) electrons. The van der Waals surface area contributed by atoms with Crippen LogP contribution in [0.3, 0.4) is 0 Å². The summed E-state index contributed by atoms with van der Waals surface area (Å²) in [4.78, 5) is 26.7. The van der Waals surface area contributed by atoms with Gasteiger partial charge in [-0.15, -0.1) is 0 Å². The number of para-hydroxylation sites is 1. The van der Waals surface area contributed by atoms with Crippen molar-refractivity contribution in [3.05, 3.63) is 45.7 Å². The highest BCUT2D eigenvalue weighted by Gasteiger charge is 2.22. The van der Waals surface area contributed by atoms with Gasteiger partial charge in [0, 0.05) is 19.2 Å². The molecule has 6 nitrogen and oxygen atoms in total. The summed E-state index contributed by atoms with van der Waals surface area (Å²) in [5.41, 5.74) is 2.99. The Morgan fingerprint density at radius 3 is 2.96 bits per heavy atom. The van der Waals surface area contributed by atoms with Crippen molar-refractivity contribution in [3.8, 4) is 0 Å². The van der Waals surface area contributed by atoms with Gasteiger partial charge in [0.25, 0.3) is 5.56 Å². The number of pyridine rings is 1. The molecule has 0 fully saturated rings. The van der Waals surface area contributed by atoms with Crippen molar-refractivity contribution in [2.75, 3.05) is 26.2 Å². The summed E-state index contributed by atoms with van der Waals surface area (Å²) >= 11 is 7.13. The number of carbonyl (C=O) groups is 1. The van der Waals surface area contributed by atoms with Crippen LogP contribution in [0.25, 0.3) is 10.9 Å². The molecule has 1 aromatic carbocycles. The Morgan fingerprint density at radius 2 is 2.25 bits per heavy atom. The van der Waals surface area contributed by atoms with Gasteiger partial charge in [-0.2, -0.15) is 11.8 Å². The zero-order valence-corrected chi connectivity index (χ0v) is 18.0. The van der Waals surface area contributed by atoms with Crippen molar-refractivity contribution in [3.63, 3.8) is 0 Å². The lowest BCUT2D eigenvalue weighted by atomic mass is 10.1. The third-order valence-corrected chi connectivity index (χ3v) is 6.10. The topological polar surface area (TPSA) is 63.6 Å². The van der Waals surface area contributed by atoms with Crippen LogP contribution in [0.5, 0.6) is 0 Å². The molecule has 1 N–H and O–H groups in total. The molecular weight excluding hydrogens is 394 g/mol. The molecule has 0 amide bonds. The molecule has 0 bridgehead atoms. The van der Waals surface area contributed by atoms with E-state index >= 15 is 0 Å². The largest absolute Gasteiger partial charge is 0.467 e. The van der Waals surface area contributed by atoms with E-state index in [0.717, 1.165) is 23.1 Å². The molecule has 1 unspecified atom stereocenters. The molecule has 2 heterocycles. The minimum absolute atomic E-state index is 0.0269. The molecule has 8 heteroatoms. The number of ether oxygens (including phenoxy) is 1. The average Bonchev–Trinajstić information content (AvgIpc) is 3.13. The van der Waals surface area contributed by atoms with Crippen LogP contribution in [0.15, 0.2) is 29.1 Å². The number of rotatable bonds is 7. The average molecular weight is 420 g/mol. The minimum Gasteiger partial charge on any atom is -0.467 e. The van der Waals surface area contributed by atoms with E-state index in [1.807, 2.05) is 36.1 Å². The number of nitrogens with zero attached hydrogens (tertiary/aromatic N) is 2.